The van der Waals surface area contributed by atoms with Gasteiger partial charge in [0.1, 0.15) is 5.75 Å². The predicted molar refractivity (Wildman–Crippen MR) is 88.3 cm³/mol. The first kappa shape index (κ1) is 14.8. The molecule has 2 aromatic rings. The molecule has 0 radical (unpaired) electrons. The molecule has 0 N–H and O–H groups in total. The van der Waals surface area contributed by atoms with Crippen molar-refractivity contribution in [1.82, 2.24) is 5.01 Å². The fraction of sp³-hybridized carbons (Fsp3) is 0.294. The van der Waals surface area contributed by atoms with Crippen LogP contribution >= 0.6 is 11.3 Å². The molecule has 2 heterocycles. The Kier molecular flexibility index (Phi) is 4.24. The lowest BCUT2D eigenvalue weighted by Gasteiger charge is -2.20. The van der Waals surface area contributed by atoms with E-state index in [4.69, 9.17) is 4.74 Å². The summed E-state index contributed by atoms with van der Waals surface area (Å²) in [6, 6.07) is 11.9. The molecule has 3 rings (SSSR count). The molecule has 0 unspecified atom stereocenters. The number of hydrogen-bond donors (Lipinski definition) is 0. The number of carbonyl (C=O) groups is 1. The van der Waals surface area contributed by atoms with Crippen molar-refractivity contribution < 1.29 is 9.53 Å². The number of rotatable bonds is 4. The first-order chi connectivity index (χ1) is 10.7. The highest BCUT2D eigenvalue weighted by Crippen LogP contribution is 2.34. The van der Waals surface area contributed by atoms with Gasteiger partial charge in [-0.1, -0.05) is 18.2 Å². The molecule has 5 heteroatoms. The van der Waals surface area contributed by atoms with E-state index in [1.54, 1.807) is 23.3 Å². The summed E-state index contributed by atoms with van der Waals surface area (Å²) >= 11 is 1.65. The smallest absolute Gasteiger partial charge is 0.240 e. The van der Waals surface area contributed by atoms with E-state index in [0.717, 1.165) is 28.3 Å². The first-order valence-corrected chi connectivity index (χ1v) is 8.21. The molecule has 1 amide bonds. The number of hydrazone groups is 1. The van der Waals surface area contributed by atoms with E-state index >= 15 is 0 Å². The predicted octanol–water partition coefficient (Wildman–Crippen LogP) is 3.84. The Hall–Kier alpha value is -2.14. The van der Waals surface area contributed by atoms with Crippen molar-refractivity contribution in [2.24, 2.45) is 5.10 Å². The standard InChI is InChI=1S/C17H18N2O2S/c1-3-21-14-8-6-13(7-9-14)16-11-15(17-5-4-10-22-17)18-19(16)12(2)20/h4-10,16H,3,11H2,1-2H3/t16-/m0/s1. The fourth-order valence-corrected chi connectivity index (χ4v) is 3.33. The molecule has 0 aliphatic carbocycles. The highest BCUT2D eigenvalue weighted by molar-refractivity contribution is 7.12. The monoisotopic (exact) mass is 314 g/mol. The lowest BCUT2D eigenvalue weighted by molar-refractivity contribution is -0.130. The average Bonchev–Trinajstić information content (AvgIpc) is 3.17. The van der Waals surface area contributed by atoms with E-state index in [9.17, 15) is 4.79 Å². The van der Waals surface area contributed by atoms with Crippen molar-refractivity contribution in [2.45, 2.75) is 26.3 Å². The molecule has 0 saturated carbocycles. The molecule has 0 spiro atoms. The maximum absolute atomic E-state index is 11.9. The summed E-state index contributed by atoms with van der Waals surface area (Å²) in [5.41, 5.74) is 2.05. The third-order valence-electron chi connectivity index (χ3n) is 3.61. The van der Waals surface area contributed by atoms with Gasteiger partial charge < -0.3 is 4.74 Å². The summed E-state index contributed by atoms with van der Waals surface area (Å²) in [6.45, 7) is 4.17. The third-order valence-corrected chi connectivity index (χ3v) is 4.53. The van der Waals surface area contributed by atoms with E-state index in [1.165, 1.54) is 0 Å². The van der Waals surface area contributed by atoms with Gasteiger partial charge in [-0.15, -0.1) is 11.3 Å². The number of carbonyl (C=O) groups excluding carboxylic acids is 1. The molecule has 1 aliphatic rings. The molecule has 0 bridgehead atoms. The van der Waals surface area contributed by atoms with Gasteiger partial charge >= 0.3 is 0 Å². The number of amides is 1. The van der Waals surface area contributed by atoms with Crippen LogP contribution in [0.1, 0.15) is 36.8 Å². The third kappa shape index (κ3) is 2.90. The summed E-state index contributed by atoms with van der Waals surface area (Å²) < 4.78 is 5.47. The minimum atomic E-state index is -0.0368. The summed E-state index contributed by atoms with van der Waals surface area (Å²) in [5, 5.41) is 8.14. The number of thiophene rings is 1. The first-order valence-electron chi connectivity index (χ1n) is 7.33. The Morgan fingerprint density at radius 2 is 2.14 bits per heavy atom. The molecule has 1 aromatic heterocycles. The molecular weight excluding hydrogens is 296 g/mol. The van der Waals surface area contributed by atoms with Crippen molar-refractivity contribution in [3.63, 3.8) is 0 Å². The molecule has 0 fully saturated rings. The van der Waals surface area contributed by atoms with Gasteiger partial charge in [0, 0.05) is 13.3 Å². The number of nitrogens with zero attached hydrogens (tertiary/aromatic N) is 2. The van der Waals surface area contributed by atoms with Crippen molar-refractivity contribution >= 4 is 23.0 Å². The van der Waals surface area contributed by atoms with Gasteiger partial charge in [-0.2, -0.15) is 5.10 Å². The second kappa shape index (κ2) is 6.32. The van der Waals surface area contributed by atoms with Crippen LogP contribution in [0.4, 0.5) is 0 Å². The number of benzene rings is 1. The molecule has 1 atom stereocenters. The Morgan fingerprint density at radius 1 is 1.36 bits per heavy atom. The molecule has 114 valence electrons. The Bertz CT molecular complexity index is 677. The molecule has 1 aliphatic heterocycles. The van der Waals surface area contributed by atoms with Crippen molar-refractivity contribution in [3.8, 4) is 5.75 Å². The zero-order valence-corrected chi connectivity index (χ0v) is 13.5. The van der Waals surface area contributed by atoms with Gasteiger partial charge in [0.2, 0.25) is 5.91 Å². The molecule has 22 heavy (non-hydrogen) atoms. The minimum absolute atomic E-state index is 0.0366. The van der Waals surface area contributed by atoms with Crippen molar-refractivity contribution in [1.29, 1.82) is 0 Å². The summed E-state index contributed by atoms with van der Waals surface area (Å²) in [4.78, 5) is 13.0. The van der Waals surface area contributed by atoms with Crippen LogP contribution in [0, 0.1) is 0 Å². The lowest BCUT2D eigenvalue weighted by Crippen LogP contribution is -2.24. The normalized spacial score (nSPS) is 17.5. The van der Waals surface area contributed by atoms with Crippen LogP contribution in [0.3, 0.4) is 0 Å². The van der Waals surface area contributed by atoms with Crippen LogP contribution in [-0.2, 0) is 4.79 Å². The highest BCUT2D eigenvalue weighted by Gasteiger charge is 2.31. The largest absolute Gasteiger partial charge is 0.494 e. The maximum Gasteiger partial charge on any atom is 0.240 e. The van der Waals surface area contributed by atoms with Crippen LogP contribution in [-0.4, -0.2) is 23.2 Å². The zero-order chi connectivity index (χ0) is 15.5. The molecule has 0 saturated heterocycles. The van der Waals surface area contributed by atoms with Crippen molar-refractivity contribution in [3.05, 3.63) is 52.2 Å². The zero-order valence-electron chi connectivity index (χ0n) is 12.7. The Morgan fingerprint density at radius 3 is 2.73 bits per heavy atom. The second-order valence-electron chi connectivity index (χ2n) is 5.11. The lowest BCUT2D eigenvalue weighted by atomic mass is 10.0. The second-order valence-corrected chi connectivity index (χ2v) is 6.06. The number of ether oxygens (including phenoxy) is 1. The van der Waals surface area contributed by atoms with Gasteiger partial charge in [-0.25, -0.2) is 5.01 Å². The molecule has 1 aromatic carbocycles. The van der Waals surface area contributed by atoms with Gasteiger partial charge in [0.25, 0.3) is 0 Å². The number of hydrogen-bond acceptors (Lipinski definition) is 4. The van der Waals surface area contributed by atoms with Crippen LogP contribution in [0.5, 0.6) is 5.75 Å². The van der Waals surface area contributed by atoms with E-state index < -0.39 is 0 Å². The van der Waals surface area contributed by atoms with Crippen LogP contribution in [0.25, 0.3) is 0 Å². The summed E-state index contributed by atoms with van der Waals surface area (Å²) in [6.07, 6.45) is 0.744. The van der Waals surface area contributed by atoms with Gasteiger partial charge in [-0.3, -0.25) is 4.79 Å². The topological polar surface area (TPSA) is 41.9 Å². The van der Waals surface area contributed by atoms with Gasteiger partial charge in [0.15, 0.2) is 0 Å². The van der Waals surface area contributed by atoms with E-state index in [1.807, 2.05) is 48.7 Å². The quantitative estimate of drug-likeness (QED) is 0.860. The molecule has 4 nitrogen and oxygen atoms in total. The maximum atomic E-state index is 11.9. The fourth-order valence-electron chi connectivity index (χ4n) is 2.60. The van der Waals surface area contributed by atoms with Crippen LogP contribution in [0.2, 0.25) is 0 Å². The summed E-state index contributed by atoms with van der Waals surface area (Å²) in [5.74, 6) is 0.809. The van der Waals surface area contributed by atoms with Crippen LogP contribution in [0.15, 0.2) is 46.9 Å². The van der Waals surface area contributed by atoms with Crippen molar-refractivity contribution in [2.75, 3.05) is 6.61 Å². The SMILES string of the molecule is CCOc1ccc([C@@H]2CC(c3cccs3)=NN2C(C)=O)cc1. The van der Waals surface area contributed by atoms with E-state index in [0.29, 0.717) is 6.61 Å². The van der Waals surface area contributed by atoms with E-state index in [2.05, 4.69) is 5.10 Å². The van der Waals surface area contributed by atoms with Gasteiger partial charge in [0.05, 0.1) is 23.2 Å². The Labute approximate surface area is 134 Å². The Balaban J connectivity index is 1.85. The summed E-state index contributed by atoms with van der Waals surface area (Å²) in [7, 11) is 0. The minimum Gasteiger partial charge on any atom is -0.494 e. The van der Waals surface area contributed by atoms with E-state index in [-0.39, 0.29) is 11.9 Å². The average molecular weight is 314 g/mol. The molecular formula is C17H18N2O2S. The highest BCUT2D eigenvalue weighted by atomic mass is 32.1. The van der Waals surface area contributed by atoms with Crippen LogP contribution < -0.4 is 4.74 Å². The van der Waals surface area contributed by atoms with Gasteiger partial charge in [-0.05, 0) is 36.1 Å².